The van der Waals surface area contributed by atoms with E-state index in [1.165, 1.54) is 33.8 Å². The lowest BCUT2D eigenvalue weighted by molar-refractivity contribution is 0.101. The molecule has 1 aliphatic rings. The number of sulfonamides is 1. The van der Waals surface area contributed by atoms with Gasteiger partial charge in [-0.25, -0.2) is 21.8 Å². The largest absolute Gasteiger partial charge is 0.354 e. The lowest BCUT2D eigenvalue weighted by Gasteiger charge is -2.20. The molecule has 2 aromatic carbocycles. The molecule has 4 rings (SSSR count). The third kappa shape index (κ3) is 5.43. The highest BCUT2D eigenvalue weighted by atomic mass is 32.2. The van der Waals surface area contributed by atoms with Crippen molar-refractivity contribution >= 4 is 52.3 Å². The van der Waals surface area contributed by atoms with Crippen LogP contribution in [0.5, 0.6) is 0 Å². The van der Waals surface area contributed by atoms with Gasteiger partial charge in [0.05, 0.1) is 26.6 Å². The van der Waals surface area contributed by atoms with E-state index in [0.717, 1.165) is 31.9 Å². The zero-order valence-electron chi connectivity index (χ0n) is 18.2. The molecule has 0 radical (unpaired) electrons. The van der Waals surface area contributed by atoms with Gasteiger partial charge >= 0.3 is 0 Å². The Kier molecular flexibility index (Phi) is 6.85. The summed E-state index contributed by atoms with van der Waals surface area (Å²) in [6.45, 7) is 0.938. The lowest BCUT2D eigenvalue weighted by atomic mass is 10.1. The van der Waals surface area contributed by atoms with Crippen molar-refractivity contribution in [3.8, 4) is 0 Å². The third-order valence-electron chi connectivity index (χ3n) is 5.55. The number of anilines is 1. The standard InChI is InChI=1S/C22H25N3O5S3/c1-32(27,28)17-9-10-19-21(14-17)31-22(24-19)23-15-20(26)16-7-6-8-18(13-16)33(29,30)25-11-4-2-3-5-12-25/h6-10,13-14H,2-5,11-12,15H2,1H3,(H,23,24). The highest BCUT2D eigenvalue weighted by Gasteiger charge is 2.25. The van der Waals surface area contributed by atoms with E-state index in [0.29, 0.717) is 34.0 Å². The molecule has 0 amide bonds. The van der Waals surface area contributed by atoms with Crippen molar-refractivity contribution in [2.24, 2.45) is 0 Å². The summed E-state index contributed by atoms with van der Waals surface area (Å²) in [7, 11) is -6.96. The molecule has 2 heterocycles. The molecule has 1 N–H and O–H groups in total. The highest BCUT2D eigenvalue weighted by molar-refractivity contribution is 7.90. The minimum atomic E-state index is -3.64. The average Bonchev–Trinajstić information content (AvgIpc) is 2.98. The number of carbonyl (C=O) groups excluding carboxylic acids is 1. The molecule has 8 nitrogen and oxygen atoms in total. The summed E-state index contributed by atoms with van der Waals surface area (Å²) in [6, 6.07) is 10.8. The molecule has 1 saturated heterocycles. The lowest BCUT2D eigenvalue weighted by Crippen LogP contribution is -2.32. The van der Waals surface area contributed by atoms with E-state index >= 15 is 0 Å². The first-order chi connectivity index (χ1) is 15.6. The van der Waals surface area contributed by atoms with Crippen LogP contribution in [0.2, 0.25) is 0 Å². The average molecular weight is 508 g/mol. The number of fused-ring (bicyclic) bond motifs is 1. The molecule has 0 bridgehead atoms. The second-order valence-corrected chi connectivity index (χ2v) is 13.0. The van der Waals surface area contributed by atoms with E-state index in [-0.39, 0.29) is 22.1 Å². The number of ketones is 1. The maximum Gasteiger partial charge on any atom is 0.243 e. The van der Waals surface area contributed by atoms with Crippen molar-refractivity contribution < 1.29 is 21.6 Å². The predicted octanol–water partition coefficient (Wildman–Crippen LogP) is 3.56. The molecule has 0 unspecified atom stereocenters. The zero-order valence-corrected chi connectivity index (χ0v) is 20.6. The Morgan fingerprint density at radius 3 is 2.42 bits per heavy atom. The van der Waals surface area contributed by atoms with Gasteiger partial charge in [-0.05, 0) is 43.2 Å². The van der Waals surface area contributed by atoms with Crippen molar-refractivity contribution in [3.63, 3.8) is 0 Å². The van der Waals surface area contributed by atoms with E-state index in [4.69, 9.17) is 0 Å². The van der Waals surface area contributed by atoms with Crippen molar-refractivity contribution in [1.29, 1.82) is 0 Å². The van der Waals surface area contributed by atoms with Gasteiger partial charge in [0.1, 0.15) is 0 Å². The van der Waals surface area contributed by atoms with Crippen LogP contribution >= 0.6 is 11.3 Å². The normalized spacial score (nSPS) is 15.9. The van der Waals surface area contributed by atoms with Crippen LogP contribution in [0.25, 0.3) is 10.2 Å². The van der Waals surface area contributed by atoms with Gasteiger partial charge in [0, 0.05) is 24.9 Å². The topological polar surface area (TPSA) is 114 Å². The smallest absolute Gasteiger partial charge is 0.243 e. The third-order valence-corrected chi connectivity index (χ3v) is 9.53. The molecular formula is C22H25N3O5S3. The Labute approximate surface area is 197 Å². The summed E-state index contributed by atoms with van der Waals surface area (Å²) in [6.07, 6.45) is 4.88. The molecule has 1 fully saturated rings. The van der Waals surface area contributed by atoms with Crippen LogP contribution in [0, 0.1) is 0 Å². The first kappa shape index (κ1) is 23.8. The summed E-state index contributed by atoms with van der Waals surface area (Å²) in [4.78, 5) is 17.5. The number of aromatic nitrogens is 1. The molecule has 0 saturated carbocycles. The van der Waals surface area contributed by atoms with Crippen LogP contribution in [-0.2, 0) is 19.9 Å². The number of hydrogen-bond acceptors (Lipinski definition) is 8. The number of rotatable bonds is 7. The fourth-order valence-electron chi connectivity index (χ4n) is 3.73. The fraction of sp³-hybridized carbons (Fsp3) is 0.364. The highest BCUT2D eigenvalue weighted by Crippen LogP contribution is 2.28. The number of sulfone groups is 1. The van der Waals surface area contributed by atoms with Crippen molar-refractivity contribution in [3.05, 3.63) is 48.0 Å². The van der Waals surface area contributed by atoms with E-state index in [9.17, 15) is 21.6 Å². The first-order valence-corrected chi connectivity index (χ1v) is 14.8. The van der Waals surface area contributed by atoms with Gasteiger partial charge in [-0.15, -0.1) is 0 Å². The van der Waals surface area contributed by atoms with Crippen LogP contribution in [-0.4, -0.2) is 57.8 Å². The van der Waals surface area contributed by atoms with Crippen LogP contribution in [0.1, 0.15) is 36.0 Å². The van der Waals surface area contributed by atoms with Gasteiger partial charge in [0.25, 0.3) is 0 Å². The molecule has 0 aliphatic carbocycles. The van der Waals surface area contributed by atoms with Gasteiger partial charge in [-0.3, -0.25) is 4.79 Å². The maximum atomic E-state index is 13.0. The van der Waals surface area contributed by atoms with Crippen molar-refractivity contribution in [2.75, 3.05) is 31.2 Å². The molecule has 176 valence electrons. The Morgan fingerprint density at radius 1 is 1.00 bits per heavy atom. The molecular weight excluding hydrogens is 482 g/mol. The maximum absolute atomic E-state index is 13.0. The fourth-order valence-corrected chi connectivity index (χ4v) is 6.92. The van der Waals surface area contributed by atoms with E-state index in [2.05, 4.69) is 10.3 Å². The Morgan fingerprint density at radius 2 is 1.73 bits per heavy atom. The van der Waals surface area contributed by atoms with Crippen LogP contribution in [0.4, 0.5) is 5.13 Å². The number of hydrogen-bond donors (Lipinski definition) is 1. The first-order valence-electron chi connectivity index (χ1n) is 10.6. The quantitative estimate of drug-likeness (QED) is 0.487. The van der Waals surface area contributed by atoms with Gasteiger partial charge in [-0.1, -0.05) is 36.3 Å². The van der Waals surface area contributed by atoms with Gasteiger partial charge in [0.15, 0.2) is 20.8 Å². The number of nitrogens with zero attached hydrogens (tertiary/aromatic N) is 2. The van der Waals surface area contributed by atoms with Crippen molar-refractivity contribution in [2.45, 2.75) is 35.5 Å². The molecule has 0 atom stereocenters. The number of Topliss-reactive ketones (excluding diaryl/α,β-unsaturated/α-hetero) is 1. The molecule has 1 aromatic heterocycles. The summed E-state index contributed by atoms with van der Waals surface area (Å²) >= 11 is 1.25. The van der Waals surface area contributed by atoms with Gasteiger partial charge < -0.3 is 5.32 Å². The molecule has 3 aromatic rings. The number of thiazole rings is 1. The Bertz CT molecular complexity index is 1390. The summed E-state index contributed by atoms with van der Waals surface area (Å²) < 4.78 is 51.8. The van der Waals surface area contributed by atoms with E-state index in [1.54, 1.807) is 24.3 Å². The minimum absolute atomic E-state index is 0.0635. The number of carbonyl (C=O) groups is 1. The second kappa shape index (κ2) is 9.49. The van der Waals surface area contributed by atoms with Crippen LogP contribution in [0.15, 0.2) is 52.3 Å². The van der Waals surface area contributed by atoms with E-state index < -0.39 is 19.9 Å². The summed E-state index contributed by atoms with van der Waals surface area (Å²) in [5, 5.41) is 3.45. The zero-order chi connectivity index (χ0) is 23.6. The second-order valence-electron chi connectivity index (χ2n) is 8.04. The predicted molar refractivity (Wildman–Crippen MR) is 129 cm³/mol. The number of nitrogens with one attached hydrogen (secondary N) is 1. The minimum Gasteiger partial charge on any atom is -0.354 e. The molecule has 0 spiro atoms. The van der Waals surface area contributed by atoms with Crippen LogP contribution in [0.3, 0.4) is 0 Å². The molecule has 11 heteroatoms. The van der Waals surface area contributed by atoms with Gasteiger partial charge in [0.2, 0.25) is 10.0 Å². The molecule has 1 aliphatic heterocycles. The Hall–Kier alpha value is -2.34. The van der Waals surface area contributed by atoms with Crippen molar-refractivity contribution in [1.82, 2.24) is 9.29 Å². The van der Waals surface area contributed by atoms with Crippen LogP contribution < -0.4 is 5.32 Å². The van der Waals surface area contributed by atoms with E-state index in [1.807, 2.05) is 0 Å². The summed E-state index contributed by atoms with van der Waals surface area (Å²) in [5.74, 6) is -0.265. The Balaban J connectivity index is 1.48. The SMILES string of the molecule is CS(=O)(=O)c1ccc2nc(NCC(=O)c3cccc(S(=O)(=O)N4CCCCCC4)c3)sc2c1. The van der Waals surface area contributed by atoms with Gasteiger partial charge in [-0.2, -0.15) is 4.31 Å². The number of benzene rings is 2. The monoisotopic (exact) mass is 507 g/mol. The molecule has 33 heavy (non-hydrogen) atoms. The summed E-state index contributed by atoms with van der Waals surface area (Å²) in [5.41, 5.74) is 0.937.